The molecule has 108 valence electrons. The molecular weight excluding hydrogens is 264 g/mol. The molecule has 0 fully saturated rings. The average molecular weight is 282 g/mol. The van der Waals surface area contributed by atoms with Gasteiger partial charge >= 0.3 is 0 Å². The van der Waals surface area contributed by atoms with Gasteiger partial charge < -0.3 is 10.5 Å². The third-order valence-corrected chi connectivity index (χ3v) is 3.48. The summed E-state index contributed by atoms with van der Waals surface area (Å²) in [5.41, 5.74) is 10.8. The molecule has 2 N–H and O–H groups in total. The van der Waals surface area contributed by atoms with E-state index in [0.717, 1.165) is 34.5 Å². The Kier molecular flexibility index (Phi) is 3.58. The summed E-state index contributed by atoms with van der Waals surface area (Å²) in [6, 6.07) is 12.0. The fourth-order valence-corrected chi connectivity index (χ4v) is 2.46. The number of nitrogens with two attached hydrogens (primary N) is 1. The molecule has 0 aliphatic rings. The van der Waals surface area contributed by atoms with Gasteiger partial charge in [-0.25, -0.2) is 9.97 Å². The maximum absolute atomic E-state index is 6.11. The fraction of sp³-hybridized carbons (Fsp3) is 0.250. The van der Waals surface area contributed by atoms with Gasteiger partial charge in [0.1, 0.15) is 5.52 Å². The zero-order valence-electron chi connectivity index (χ0n) is 12.2. The molecule has 1 aromatic carbocycles. The monoisotopic (exact) mass is 282 g/mol. The van der Waals surface area contributed by atoms with E-state index in [1.54, 1.807) is 7.11 Å². The first kappa shape index (κ1) is 13.6. The summed E-state index contributed by atoms with van der Waals surface area (Å²) < 4.78 is 7.09. The van der Waals surface area contributed by atoms with Crippen molar-refractivity contribution < 1.29 is 4.74 Å². The lowest BCUT2D eigenvalue weighted by Crippen LogP contribution is -2.06. The summed E-state index contributed by atoms with van der Waals surface area (Å²) in [4.78, 5) is 8.98. The number of nitrogens with zero attached hydrogens (tertiary/aromatic N) is 3. The normalized spacial score (nSPS) is 11.1. The van der Waals surface area contributed by atoms with Gasteiger partial charge in [-0.2, -0.15) is 0 Å². The predicted octanol–water partition coefficient (Wildman–Crippen LogP) is 2.50. The lowest BCUT2D eigenvalue weighted by Gasteiger charge is -2.12. The van der Waals surface area contributed by atoms with Crippen molar-refractivity contribution in [1.29, 1.82) is 0 Å². The van der Waals surface area contributed by atoms with Crippen molar-refractivity contribution in [2.45, 2.75) is 13.3 Å². The lowest BCUT2D eigenvalue weighted by atomic mass is 10.1. The number of nitrogen functional groups attached to an aromatic ring is 1. The van der Waals surface area contributed by atoms with Gasteiger partial charge in [0.2, 0.25) is 5.95 Å². The largest absolute Gasteiger partial charge is 0.384 e. The van der Waals surface area contributed by atoms with Crippen LogP contribution >= 0.6 is 0 Å². The van der Waals surface area contributed by atoms with E-state index in [-0.39, 0.29) is 0 Å². The molecule has 0 spiro atoms. The number of fused-ring (bicyclic) bond motifs is 1. The van der Waals surface area contributed by atoms with Crippen LogP contribution in [-0.2, 0) is 11.2 Å². The van der Waals surface area contributed by atoms with Gasteiger partial charge in [-0.1, -0.05) is 18.2 Å². The molecule has 0 radical (unpaired) electrons. The van der Waals surface area contributed by atoms with Gasteiger partial charge in [0.15, 0.2) is 5.65 Å². The van der Waals surface area contributed by atoms with E-state index in [0.29, 0.717) is 12.6 Å². The van der Waals surface area contributed by atoms with Gasteiger partial charge in [0, 0.05) is 12.8 Å². The number of benzene rings is 1. The number of hydrogen-bond donors (Lipinski definition) is 1. The highest BCUT2D eigenvalue weighted by molar-refractivity contribution is 5.77. The Bertz CT molecular complexity index is 779. The van der Waals surface area contributed by atoms with Crippen molar-refractivity contribution in [3.63, 3.8) is 0 Å². The minimum Gasteiger partial charge on any atom is -0.384 e. The minimum absolute atomic E-state index is 0.452. The van der Waals surface area contributed by atoms with Crippen LogP contribution in [-0.4, -0.2) is 28.3 Å². The topological polar surface area (TPSA) is 66.0 Å². The summed E-state index contributed by atoms with van der Waals surface area (Å²) in [7, 11) is 1.70. The molecule has 0 aliphatic heterocycles. The number of hydrogen-bond acceptors (Lipinski definition) is 4. The van der Waals surface area contributed by atoms with E-state index < -0.39 is 0 Å². The highest BCUT2D eigenvalue weighted by atomic mass is 16.5. The molecule has 3 rings (SSSR count). The number of aromatic nitrogens is 3. The van der Waals surface area contributed by atoms with Crippen molar-refractivity contribution in [2.24, 2.45) is 0 Å². The van der Waals surface area contributed by atoms with Gasteiger partial charge in [-0.3, -0.25) is 4.57 Å². The SMILES string of the molecule is COCCc1ccccc1-n1c(N)nc2ccc(C)nc21. The first-order valence-corrected chi connectivity index (χ1v) is 6.89. The molecule has 0 amide bonds. The maximum atomic E-state index is 6.11. The van der Waals surface area contributed by atoms with Crippen LogP contribution in [0.1, 0.15) is 11.3 Å². The van der Waals surface area contributed by atoms with Crippen molar-refractivity contribution in [1.82, 2.24) is 14.5 Å². The highest BCUT2D eigenvalue weighted by Crippen LogP contribution is 2.24. The number of rotatable bonds is 4. The number of anilines is 1. The summed E-state index contributed by atoms with van der Waals surface area (Å²) in [5, 5.41) is 0. The van der Waals surface area contributed by atoms with Crippen LogP contribution in [0.4, 0.5) is 5.95 Å². The Balaban J connectivity index is 2.20. The van der Waals surface area contributed by atoms with Crippen LogP contribution in [0.5, 0.6) is 0 Å². The second kappa shape index (κ2) is 5.54. The van der Waals surface area contributed by atoms with Crippen LogP contribution in [0.2, 0.25) is 0 Å². The van der Waals surface area contributed by atoms with Crippen molar-refractivity contribution in [2.75, 3.05) is 19.5 Å². The highest BCUT2D eigenvalue weighted by Gasteiger charge is 2.14. The van der Waals surface area contributed by atoms with Crippen LogP contribution in [0.3, 0.4) is 0 Å². The standard InChI is InChI=1S/C16H18N4O/c1-11-7-8-13-15(18-11)20(16(17)19-13)14-6-4-3-5-12(14)9-10-21-2/h3-8H,9-10H2,1-2H3,(H2,17,19). The molecule has 5 heteroatoms. The quantitative estimate of drug-likeness (QED) is 0.798. The van der Waals surface area contributed by atoms with Gasteiger partial charge in [-0.05, 0) is 37.1 Å². The van der Waals surface area contributed by atoms with Crippen molar-refractivity contribution in [3.05, 3.63) is 47.7 Å². The van der Waals surface area contributed by atoms with E-state index in [1.807, 2.05) is 41.8 Å². The van der Waals surface area contributed by atoms with Gasteiger partial charge in [0.25, 0.3) is 0 Å². The Labute approximate surface area is 123 Å². The van der Waals surface area contributed by atoms with Crippen LogP contribution < -0.4 is 5.73 Å². The first-order valence-electron chi connectivity index (χ1n) is 6.89. The van der Waals surface area contributed by atoms with Crippen molar-refractivity contribution >= 4 is 17.1 Å². The summed E-state index contributed by atoms with van der Waals surface area (Å²) >= 11 is 0. The number of pyridine rings is 1. The Hall–Kier alpha value is -2.40. The van der Waals surface area contributed by atoms with Gasteiger partial charge in [0.05, 0.1) is 12.3 Å². The molecule has 0 saturated carbocycles. The molecule has 5 nitrogen and oxygen atoms in total. The molecule has 3 aromatic rings. The Morgan fingerprint density at radius 2 is 1.95 bits per heavy atom. The van der Waals surface area contributed by atoms with Crippen LogP contribution in [0.15, 0.2) is 36.4 Å². The van der Waals surface area contributed by atoms with E-state index in [4.69, 9.17) is 10.5 Å². The molecule has 0 saturated heterocycles. The number of aryl methyl sites for hydroxylation is 1. The van der Waals surface area contributed by atoms with E-state index in [1.165, 1.54) is 0 Å². The Morgan fingerprint density at radius 3 is 2.76 bits per heavy atom. The average Bonchev–Trinajstić information content (AvgIpc) is 2.80. The predicted molar refractivity (Wildman–Crippen MR) is 83.6 cm³/mol. The fourth-order valence-electron chi connectivity index (χ4n) is 2.46. The smallest absolute Gasteiger partial charge is 0.207 e. The number of methoxy groups -OCH3 is 1. The molecular formula is C16H18N4O. The molecule has 0 unspecified atom stereocenters. The lowest BCUT2D eigenvalue weighted by molar-refractivity contribution is 0.202. The third kappa shape index (κ3) is 2.48. The number of para-hydroxylation sites is 1. The third-order valence-electron chi connectivity index (χ3n) is 3.48. The second-order valence-electron chi connectivity index (χ2n) is 4.97. The molecule has 2 heterocycles. The van der Waals surface area contributed by atoms with Crippen molar-refractivity contribution in [3.8, 4) is 5.69 Å². The molecule has 0 bridgehead atoms. The van der Waals surface area contributed by atoms with E-state index in [2.05, 4.69) is 16.0 Å². The summed E-state index contributed by atoms with van der Waals surface area (Å²) in [6.45, 7) is 2.62. The molecule has 0 aliphatic carbocycles. The van der Waals surface area contributed by atoms with Crippen LogP contribution in [0.25, 0.3) is 16.9 Å². The molecule has 21 heavy (non-hydrogen) atoms. The summed E-state index contributed by atoms with van der Waals surface area (Å²) in [5.74, 6) is 0.452. The zero-order valence-corrected chi connectivity index (χ0v) is 12.2. The molecule has 0 atom stereocenters. The minimum atomic E-state index is 0.452. The summed E-state index contributed by atoms with van der Waals surface area (Å²) in [6.07, 6.45) is 0.817. The van der Waals surface area contributed by atoms with Gasteiger partial charge in [-0.15, -0.1) is 0 Å². The first-order chi connectivity index (χ1) is 10.2. The second-order valence-corrected chi connectivity index (χ2v) is 4.97. The molecule has 2 aromatic heterocycles. The van der Waals surface area contributed by atoms with E-state index in [9.17, 15) is 0 Å². The van der Waals surface area contributed by atoms with E-state index >= 15 is 0 Å². The number of imidazole rings is 1. The number of ether oxygens (including phenoxy) is 1. The zero-order chi connectivity index (χ0) is 14.8. The Morgan fingerprint density at radius 1 is 1.14 bits per heavy atom. The maximum Gasteiger partial charge on any atom is 0.207 e. The van der Waals surface area contributed by atoms with Crippen LogP contribution in [0, 0.1) is 6.92 Å².